The lowest BCUT2D eigenvalue weighted by atomic mass is 9.55. The summed E-state index contributed by atoms with van der Waals surface area (Å²) in [6, 6.07) is 6.60. The van der Waals surface area contributed by atoms with Crippen molar-refractivity contribution in [2.75, 3.05) is 21.2 Å². The van der Waals surface area contributed by atoms with E-state index in [2.05, 4.69) is 31.2 Å². The lowest BCUT2D eigenvalue weighted by Gasteiger charge is -2.48. The second-order valence-corrected chi connectivity index (χ2v) is 8.97. The highest BCUT2D eigenvalue weighted by atomic mass is 16.5. The van der Waals surface area contributed by atoms with Crippen molar-refractivity contribution in [3.8, 4) is 5.75 Å². The van der Waals surface area contributed by atoms with Crippen molar-refractivity contribution < 1.29 is 9.53 Å². The number of methoxy groups -OCH3 is 1. The topological polar surface area (TPSA) is 29.5 Å². The molecule has 4 rings (SSSR count). The first kappa shape index (κ1) is 18.3. The fraction of sp³-hybridized carbons (Fsp3) is 0.542. The van der Waals surface area contributed by atoms with Gasteiger partial charge in [-0.15, -0.1) is 0 Å². The number of fused-ring (bicyclic) bond motifs is 5. The molecular weight excluding hydrogens is 334 g/mol. The third-order valence-electron chi connectivity index (χ3n) is 7.26. The Morgan fingerprint density at radius 3 is 2.81 bits per heavy atom. The lowest BCUT2D eigenvalue weighted by molar-refractivity contribution is -0.127. The van der Waals surface area contributed by atoms with Gasteiger partial charge in [0.1, 0.15) is 5.75 Å². The molecule has 0 aliphatic heterocycles. The number of hydrogen-bond donors (Lipinski definition) is 0. The molecule has 0 bridgehead atoms. The monoisotopic (exact) mass is 365 g/mol. The summed E-state index contributed by atoms with van der Waals surface area (Å²) in [4.78, 5) is 15.2. The summed E-state index contributed by atoms with van der Waals surface area (Å²) in [5.74, 6) is 3.06. The number of carbonyl (C=O) groups is 1. The molecule has 3 heteroatoms. The van der Waals surface area contributed by atoms with Gasteiger partial charge < -0.3 is 9.64 Å². The zero-order chi connectivity index (χ0) is 19.2. The fourth-order valence-electron chi connectivity index (χ4n) is 5.84. The molecule has 0 radical (unpaired) electrons. The molecule has 0 N–H and O–H groups in total. The van der Waals surface area contributed by atoms with Crippen LogP contribution < -0.4 is 4.74 Å². The van der Waals surface area contributed by atoms with Crippen LogP contribution in [0.5, 0.6) is 5.75 Å². The van der Waals surface area contributed by atoms with Crippen molar-refractivity contribution >= 4 is 5.78 Å². The second kappa shape index (κ2) is 6.85. The molecular formula is C24H31NO2. The van der Waals surface area contributed by atoms with Gasteiger partial charge in [-0.3, -0.25) is 4.79 Å². The number of carbonyl (C=O) groups excluding carboxylic acids is 1. The van der Waals surface area contributed by atoms with E-state index in [0.29, 0.717) is 23.5 Å². The van der Waals surface area contributed by atoms with Crippen LogP contribution in [0.3, 0.4) is 0 Å². The van der Waals surface area contributed by atoms with E-state index in [0.717, 1.165) is 37.0 Å². The molecule has 1 aromatic rings. The van der Waals surface area contributed by atoms with Gasteiger partial charge in [-0.25, -0.2) is 0 Å². The van der Waals surface area contributed by atoms with Crippen LogP contribution in [0.2, 0.25) is 0 Å². The molecule has 2 saturated carbocycles. The number of hydrogen-bond acceptors (Lipinski definition) is 3. The number of allylic oxidation sites excluding steroid dienone is 3. The molecule has 3 aliphatic carbocycles. The molecule has 4 atom stereocenters. The molecule has 3 nitrogen and oxygen atoms in total. The van der Waals surface area contributed by atoms with E-state index in [1.807, 2.05) is 31.3 Å². The standard InChI is InChI=1S/C24H31NO2/c1-24-12-11-20-19-10-8-18(27-4)14-16(19)7-9-21(20)22(24)15-17(23(24)26)6-5-13-25(2)3/h5-6,8,10,13-14,20-22H,7,9,11-12,15H2,1-4H3/b13-5?,17-6+/t20-,21-,22+,24+/m1/s1. The predicted molar refractivity (Wildman–Crippen MR) is 109 cm³/mol. The number of rotatable bonds is 3. The lowest BCUT2D eigenvalue weighted by Crippen LogP contribution is -2.42. The highest BCUT2D eigenvalue weighted by Crippen LogP contribution is 2.60. The molecule has 0 heterocycles. The number of ketones is 1. The van der Waals surface area contributed by atoms with Crippen LogP contribution >= 0.6 is 0 Å². The molecule has 0 saturated heterocycles. The van der Waals surface area contributed by atoms with Crippen molar-refractivity contribution in [3.63, 3.8) is 0 Å². The number of aryl methyl sites for hydroxylation is 1. The summed E-state index contributed by atoms with van der Waals surface area (Å²) in [7, 11) is 5.75. The van der Waals surface area contributed by atoms with Crippen molar-refractivity contribution in [1.29, 1.82) is 0 Å². The van der Waals surface area contributed by atoms with E-state index < -0.39 is 0 Å². The van der Waals surface area contributed by atoms with E-state index in [9.17, 15) is 4.79 Å². The van der Waals surface area contributed by atoms with Gasteiger partial charge in [0, 0.05) is 19.5 Å². The quantitative estimate of drug-likeness (QED) is 0.725. The maximum Gasteiger partial charge on any atom is 0.165 e. The van der Waals surface area contributed by atoms with E-state index in [1.165, 1.54) is 17.5 Å². The Bertz CT molecular complexity index is 807. The van der Waals surface area contributed by atoms with Crippen LogP contribution in [-0.2, 0) is 11.2 Å². The third kappa shape index (κ3) is 3.01. The first-order chi connectivity index (χ1) is 12.9. The summed E-state index contributed by atoms with van der Waals surface area (Å²) in [6.07, 6.45) is 11.5. The molecule has 0 spiro atoms. The molecule has 0 amide bonds. The molecule has 3 aliphatic rings. The highest BCUT2D eigenvalue weighted by Gasteiger charge is 2.56. The number of Topliss-reactive ketones (excluding diaryl/α,β-unsaturated/α-hetero) is 1. The second-order valence-electron chi connectivity index (χ2n) is 8.97. The van der Waals surface area contributed by atoms with Crippen LogP contribution in [0, 0.1) is 17.3 Å². The van der Waals surface area contributed by atoms with Gasteiger partial charge in [0.2, 0.25) is 0 Å². The van der Waals surface area contributed by atoms with Crippen LogP contribution in [0.1, 0.15) is 49.7 Å². The van der Waals surface area contributed by atoms with Crippen molar-refractivity contribution in [2.45, 2.75) is 44.9 Å². The van der Waals surface area contributed by atoms with E-state index in [-0.39, 0.29) is 5.41 Å². The molecule has 2 fully saturated rings. The van der Waals surface area contributed by atoms with Gasteiger partial charge >= 0.3 is 0 Å². The molecule has 27 heavy (non-hydrogen) atoms. The highest BCUT2D eigenvalue weighted by molar-refractivity contribution is 6.02. The van der Waals surface area contributed by atoms with E-state index >= 15 is 0 Å². The number of benzene rings is 1. The summed E-state index contributed by atoms with van der Waals surface area (Å²) in [5, 5.41) is 0. The smallest absolute Gasteiger partial charge is 0.165 e. The minimum atomic E-state index is -0.164. The van der Waals surface area contributed by atoms with Crippen molar-refractivity contribution in [2.24, 2.45) is 17.3 Å². The summed E-state index contributed by atoms with van der Waals surface area (Å²) < 4.78 is 5.42. The van der Waals surface area contributed by atoms with Crippen molar-refractivity contribution in [1.82, 2.24) is 4.90 Å². The number of ether oxygens (including phenoxy) is 1. The zero-order valence-electron chi connectivity index (χ0n) is 17.0. The van der Waals surface area contributed by atoms with E-state index in [1.54, 1.807) is 7.11 Å². The minimum Gasteiger partial charge on any atom is -0.497 e. The molecule has 0 aromatic heterocycles. The fourth-order valence-corrected chi connectivity index (χ4v) is 5.84. The molecule has 0 unspecified atom stereocenters. The minimum absolute atomic E-state index is 0.164. The Labute approximate surface area is 163 Å². The van der Waals surface area contributed by atoms with Gasteiger partial charge in [-0.1, -0.05) is 19.1 Å². The van der Waals surface area contributed by atoms with Crippen LogP contribution in [-0.4, -0.2) is 31.9 Å². The third-order valence-corrected chi connectivity index (χ3v) is 7.26. The van der Waals surface area contributed by atoms with Crippen molar-refractivity contribution in [3.05, 3.63) is 53.3 Å². The largest absolute Gasteiger partial charge is 0.497 e. The van der Waals surface area contributed by atoms with Crippen LogP contribution in [0.25, 0.3) is 0 Å². The average Bonchev–Trinajstić information content (AvgIpc) is 2.92. The maximum atomic E-state index is 13.2. The van der Waals surface area contributed by atoms with Crippen LogP contribution in [0.15, 0.2) is 42.1 Å². The molecule has 144 valence electrons. The Hall–Kier alpha value is -2.03. The average molecular weight is 366 g/mol. The number of nitrogens with zero attached hydrogens (tertiary/aromatic N) is 1. The Morgan fingerprint density at radius 2 is 2.07 bits per heavy atom. The Kier molecular flexibility index (Phi) is 4.65. The summed E-state index contributed by atoms with van der Waals surface area (Å²) in [5.41, 5.74) is 3.82. The first-order valence-electron chi connectivity index (χ1n) is 10.2. The normalized spacial score (nSPS) is 33.7. The van der Waals surface area contributed by atoms with Crippen LogP contribution in [0.4, 0.5) is 0 Å². The summed E-state index contributed by atoms with van der Waals surface area (Å²) >= 11 is 0. The van der Waals surface area contributed by atoms with Gasteiger partial charge in [0.25, 0.3) is 0 Å². The maximum absolute atomic E-state index is 13.2. The van der Waals surface area contributed by atoms with E-state index in [4.69, 9.17) is 4.74 Å². The summed E-state index contributed by atoms with van der Waals surface area (Å²) in [6.45, 7) is 2.23. The Balaban J connectivity index is 1.63. The SMILES string of the molecule is COc1ccc2c(c1)CC[C@@H]1[C@@H]2CC[C@]2(C)C(=O)/C(=C/C=CN(C)C)C[C@@H]12. The van der Waals surface area contributed by atoms with Gasteiger partial charge in [-0.2, -0.15) is 0 Å². The van der Waals surface area contributed by atoms with Gasteiger partial charge in [0.15, 0.2) is 5.78 Å². The first-order valence-corrected chi connectivity index (χ1v) is 10.2. The molecule has 1 aromatic carbocycles. The Morgan fingerprint density at radius 1 is 1.26 bits per heavy atom. The van der Waals surface area contributed by atoms with Gasteiger partial charge in [-0.05, 0) is 91.0 Å². The predicted octanol–water partition coefficient (Wildman–Crippen LogP) is 4.73. The van der Waals surface area contributed by atoms with Gasteiger partial charge in [0.05, 0.1) is 7.11 Å². The zero-order valence-corrected chi connectivity index (χ0v) is 17.0.